The predicted molar refractivity (Wildman–Crippen MR) is 94.0 cm³/mol. The third-order valence-corrected chi connectivity index (χ3v) is 5.06. The van der Waals surface area contributed by atoms with Crippen LogP contribution in [0.2, 0.25) is 0 Å². The van der Waals surface area contributed by atoms with Crippen molar-refractivity contribution in [3.8, 4) is 11.1 Å². The molecule has 3 rings (SSSR count). The fraction of sp³-hybridized carbons (Fsp3) is 0.333. The van der Waals surface area contributed by atoms with Gasteiger partial charge in [-0.05, 0) is 35.2 Å². The number of sulfonamides is 1. The zero-order chi connectivity index (χ0) is 19.8. The molecule has 0 unspecified atom stereocenters. The molecule has 1 heterocycles. The second-order valence-electron chi connectivity index (χ2n) is 6.68. The molecule has 0 aromatic heterocycles. The second-order valence-corrected chi connectivity index (χ2v) is 8.46. The Bertz CT molecular complexity index is 930. The molecule has 0 radical (unpaired) electrons. The van der Waals surface area contributed by atoms with Gasteiger partial charge in [0.25, 0.3) is 5.92 Å². The highest BCUT2D eigenvalue weighted by Crippen LogP contribution is 2.29. The first-order valence-corrected chi connectivity index (χ1v) is 10.1. The van der Waals surface area contributed by atoms with Crippen molar-refractivity contribution in [3.63, 3.8) is 0 Å². The highest BCUT2D eigenvalue weighted by Gasteiger charge is 2.51. The molecule has 4 nitrogen and oxygen atoms in total. The summed E-state index contributed by atoms with van der Waals surface area (Å²) in [5.74, 6) is -4.66. The van der Waals surface area contributed by atoms with E-state index in [1.165, 1.54) is 12.1 Å². The summed E-state index contributed by atoms with van der Waals surface area (Å²) >= 11 is 0. The molecule has 0 spiro atoms. The maximum Gasteiger partial charge on any atom is 0.277 e. The van der Waals surface area contributed by atoms with Crippen LogP contribution in [0.1, 0.15) is 5.56 Å². The summed E-state index contributed by atoms with van der Waals surface area (Å²) in [5, 5.41) is 2.65. The summed E-state index contributed by atoms with van der Waals surface area (Å²) in [7, 11) is -3.82. The lowest BCUT2D eigenvalue weighted by molar-refractivity contribution is -0.000808. The van der Waals surface area contributed by atoms with Crippen molar-refractivity contribution in [2.75, 3.05) is 12.8 Å². The molecule has 1 fully saturated rings. The smallest absolute Gasteiger partial charge is 0.277 e. The van der Waals surface area contributed by atoms with E-state index in [-0.39, 0.29) is 6.42 Å². The van der Waals surface area contributed by atoms with Crippen LogP contribution in [0, 0.1) is 11.6 Å². The van der Waals surface area contributed by atoms with Gasteiger partial charge in [-0.2, -0.15) is 0 Å². The lowest BCUT2D eigenvalue weighted by Crippen LogP contribution is -2.51. The highest BCUT2D eigenvalue weighted by atomic mass is 32.2. The molecule has 2 aromatic carbocycles. The van der Waals surface area contributed by atoms with Crippen LogP contribution in [0.25, 0.3) is 11.1 Å². The number of halogens is 4. The van der Waals surface area contributed by atoms with E-state index in [9.17, 15) is 26.0 Å². The molecular weight excluding hydrogens is 384 g/mol. The quantitative estimate of drug-likeness (QED) is 0.757. The predicted octanol–water partition coefficient (Wildman–Crippen LogP) is 2.70. The highest BCUT2D eigenvalue weighted by molar-refractivity contribution is 7.88. The van der Waals surface area contributed by atoms with Gasteiger partial charge in [-0.3, -0.25) is 0 Å². The first kappa shape index (κ1) is 19.8. The first-order valence-electron chi connectivity index (χ1n) is 8.17. The Morgan fingerprint density at radius 3 is 2.41 bits per heavy atom. The number of hydrogen-bond donors (Lipinski definition) is 2. The lowest BCUT2D eigenvalue weighted by Gasteiger charge is -2.24. The van der Waals surface area contributed by atoms with Gasteiger partial charge in [0.2, 0.25) is 10.0 Å². The molecule has 2 atom stereocenters. The fourth-order valence-corrected chi connectivity index (χ4v) is 4.03. The molecule has 0 amide bonds. The van der Waals surface area contributed by atoms with Gasteiger partial charge in [-0.15, -0.1) is 0 Å². The number of benzene rings is 2. The van der Waals surface area contributed by atoms with E-state index in [0.29, 0.717) is 16.7 Å². The maximum atomic E-state index is 14.1. The van der Waals surface area contributed by atoms with Gasteiger partial charge in [-0.1, -0.05) is 24.3 Å². The van der Waals surface area contributed by atoms with Gasteiger partial charge < -0.3 is 5.32 Å². The monoisotopic (exact) mass is 402 g/mol. The average molecular weight is 402 g/mol. The summed E-state index contributed by atoms with van der Waals surface area (Å²) in [4.78, 5) is 0. The summed E-state index contributed by atoms with van der Waals surface area (Å²) in [6.07, 6.45) is 0.950. The van der Waals surface area contributed by atoms with E-state index in [1.807, 2.05) is 4.72 Å². The van der Waals surface area contributed by atoms with Crippen molar-refractivity contribution < 1.29 is 26.0 Å². The molecule has 9 heteroatoms. The van der Waals surface area contributed by atoms with Crippen LogP contribution in [0.15, 0.2) is 42.5 Å². The fourth-order valence-electron chi connectivity index (χ4n) is 3.23. The molecule has 1 aliphatic heterocycles. The molecule has 2 N–H and O–H groups in total. The van der Waals surface area contributed by atoms with Gasteiger partial charge in [0.15, 0.2) is 0 Å². The summed E-state index contributed by atoms with van der Waals surface area (Å²) in [6, 6.07) is 7.35. The molecule has 1 aliphatic rings. The van der Waals surface area contributed by atoms with E-state index in [4.69, 9.17) is 0 Å². The number of alkyl halides is 2. The van der Waals surface area contributed by atoms with E-state index in [1.54, 1.807) is 24.3 Å². The number of rotatable bonds is 5. The van der Waals surface area contributed by atoms with Crippen LogP contribution >= 0.6 is 0 Å². The van der Waals surface area contributed by atoms with E-state index in [0.717, 1.165) is 12.3 Å². The SMILES string of the molecule is CS(=O)(=O)N[C@@H]1[C@H](Cc2cccc(-c3cc(F)cc(F)c3)c2)NCC1(F)F. The summed E-state index contributed by atoms with van der Waals surface area (Å²) < 4.78 is 79.8. The minimum absolute atomic E-state index is 0.119. The third kappa shape index (κ3) is 4.85. The van der Waals surface area contributed by atoms with Crippen LogP contribution in [0.3, 0.4) is 0 Å². The normalized spacial score (nSPS) is 22.1. The van der Waals surface area contributed by atoms with Gasteiger partial charge in [0.05, 0.1) is 12.8 Å². The average Bonchev–Trinajstić information content (AvgIpc) is 2.80. The van der Waals surface area contributed by atoms with Crippen LogP contribution in [0.5, 0.6) is 0 Å². The topological polar surface area (TPSA) is 58.2 Å². The zero-order valence-corrected chi connectivity index (χ0v) is 15.2. The third-order valence-electron chi connectivity index (χ3n) is 4.38. The van der Waals surface area contributed by atoms with Crippen LogP contribution in [-0.4, -0.2) is 39.2 Å². The minimum Gasteiger partial charge on any atom is -0.306 e. The Labute approximate surface area is 154 Å². The Hall–Kier alpha value is -1.97. The van der Waals surface area contributed by atoms with E-state index in [2.05, 4.69) is 5.32 Å². The van der Waals surface area contributed by atoms with Gasteiger partial charge in [-0.25, -0.2) is 30.7 Å². The van der Waals surface area contributed by atoms with Crippen molar-refractivity contribution in [2.24, 2.45) is 0 Å². The summed E-state index contributed by atoms with van der Waals surface area (Å²) in [5.41, 5.74) is 1.49. The molecular formula is C18H18F4N2O2S. The Balaban J connectivity index is 1.85. The van der Waals surface area contributed by atoms with Gasteiger partial charge >= 0.3 is 0 Å². The zero-order valence-electron chi connectivity index (χ0n) is 14.3. The van der Waals surface area contributed by atoms with Gasteiger partial charge in [0.1, 0.15) is 17.7 Å². The van der Waals surface area contributed by atoms with Crippen molar-refractivity contribution in [1.29, 1.82) is 0 Å². The van der Waals surface area contributed by atoms with Crippen molar-refractivity contribution in [1.82, 2.24) is 10.0 Å². The van der Waals surface area contributed by atoms with Crippen molar-refractivity contribution in [2.45, 2.75) is 24.4 Å². The van der Waals surface area contributed by atoms with Crippen molar-refractivity contribution in [3.05, 3.63) is 59.7 Å². The minimum atomic E-state index is -3.82. The lowest BCUT2D eigenvalue weighted by atomic mass is 9.96. The van der Waals surface area contributed by atoms with Gasteiger partial charge in [0, 0.05) is 12.1 Å². The molecule has 27 heavy (non-hydrogen) atoms. The Morgan fingerprint density at radius 1 is 1.11 bits per heavy atom. The maximum absolute atomic E-state index is 14.1. The molecule has 0 saturated carbocycles. The van der Waals surface area contributed by atoms with Crippen LogP contribution in [-0.2, 0) is 16.4 Å². The molecule has 146 valence electrons. The van der Waals surface area contributed by atoms with Crippen LogP contribution in [0.4, 0.5) is 17.6 Å². The molecule has 2 aromatic rings. The Morgan fingerprint density at radius 2 is 1.78 bits per heavy atom. The number of hydrogen-bond acceptors (Lipinski definition) is 3. The second kappa shape index (κ2) is 7.21. The molecule has 0 bridgehead atoms. The largest absolute Gasteiger partial charge is 0.306 e. The first-order chi connectivity index (χ1) is 12.5. The van der Waals surface area contributed by atoms with E-state index >= 15 is 0 Å². The van der Waals surface area contributed by atoms with Crippen LogP contribution < -0.4 is 10.0 Å². The number of nitrogens with one attached hydrogen (secondary N) is 2. The summed E-state index contributed by atoms with van der Waals surface area (Å²) in [6.45, 7) is -0.639. The molecule has 1 saturated heterocycles. The van der Waals surface area contributed by atoms with E-state index < -0.39 is 46.2 Å². The standard InChI is InChI=1S/C18H18F4N2O2S/c1-27(25,26)24-17-16(23-10-18(17,21)22)6-11-3-2-4-12(5-11)13-7-14(19)9-15(20)8-13/h2-5,7-9,16-17,23-24H,6,10H2,1H3/t16-,17+/m0/s1. The Kier molecular flexibility index (Phi) is 5.29. The van der Waals surface area contributed by atoms with Crippen molar-refractivity contribution >= 4 is 10.0 Å². The molecule has 0 aliphatic carbocycles.